The third-order valence-corrected chi connectivity index (χ3v) is 3.64. The van der Waals surface area contributed by atoms with Crippen LogP contribution >= 0.6 is 0 Å². The van der Waals surface area contributed by atoms with Gasteiger partial charge in [0.1, 0.15) is 0 Å². The van der Waals surface area contributed by atoms with Gasteiger partial charge >= 0.3 is 0 Å². The molecule has 2 amide bonds. The Kier molecular flexibility index (Phi) is 4.09. The van der Waals surface area contributed by atoms with E-state index in [0.29, 0.717) is 6.54 Å². The average Bonchev–Trinajstić information content (AvgIpc) is 2.80. The number of fused-ring (bicyclic) bond motifs is 1. The maximum absolute atomic E-state index is 11.9. The van der Waals surface area contributed by atoms with Gasteiger partial charge in [0, 0.05) is 24.8 Å². The normalized spacial score (nSPS) is 15.2. The molecule has 0 fully saturated rings. The van der Waals surface area contributed by atoms with Crippen LogP contribution in [-0.4, -0.2) is 24.4 Å². The molecule has 1 heterocycles. The van der Waals surface area contributed by atoms with Crippen molar-refractivity contribution in [3.8, 4) is 0 Å². The van der Waals surface area contributed by atoms with Crippen LogP contribution in [0, 0.1) is 5.92 Å². The van der Waals surface area contributed by atoms with Crippen molar-refractivity contribution < 1.29 is 9.59 Å². The first-order chi connectivity index (χ1) is 9.40. The van der Waals surface area contributed by atoms with E-state index in [1.54, 1.807) is 11.8 Å². The molecule has 5 heteroatoms. The lowest BCUT2D eigenvalue weighted by Crippen LogP contribution is -2.39. The molecule has 0 spiro atoms. The van der Waals surface area contributed by atoms with Gasteiger partial charge < -0.3 is 16.0 Å². The molecule has 20 heavy (non-hydrogen) atoms. The lowest BCUT2D eigenvalue weighted by atomic mass is 10.0. The van der Waals surface area contributed by atoms with E-state index in [9.17, 15) is 9.59 Å². The number of amides is 2. The molecule has 1 aromatic rings. The molecule has 0 saturated heterocycles. The summed E-state index contributed by atoms with van der Waals surface area (Å²) < 4.78 is 0. The highest BCUT2D eigenvalue weighted by Crippen LogP contribution is 2.30. The number of benzene rings is 1. The number of hydrogen-bond donors (Lipinski definition) is 2. The fourth-order valence-corrected chi connectivity index (χ4v) is 2.33. The van der Waals surface area contributed by atoms with Gasteiger partial charge in [0.05, 0.1) is 6.04 Å². The predicted octanol–water partition coefficient (Wildman–Crippen LogP) is 1.52. The van der Waals surface area contributed by atoms with Crippen molar-refractivity contribution in [3.63, 3.8) is 0 Å². The Hall–Kier alpha value is -1.88. The zero-order chi connectivity index (χ0) is 14.9. The average molecular weight is 275 g/mol. The molecule has 1 aliphatic rings. The molecule has 1 atom stereocenters. The molecule has 1 unspecified atom stereocenters. The Bertz CT molecular complexity index is 540. The van der Waals surface area contributed by atoms with Crippen molar-refractivity contribution in [1.29, 1.82) is 0 Å². The first-order valence-electron chi connectivity index (χ1n) is 6.87. The lowest BCUT2D eigenvalue weighted by molar-refractivity contribution is -0.118. The minimum atomic E-state index is -0.517. The summed E-state index contributed by atoms with van der Waals surface area (Å²) in [4.78, 5) is 25.2. The van der Waals surface area contributed by atoms with Gasteiger partial charge in [0.25, 0.3) is 0 Å². The maximum atomic E-state index is 11.9. The molecular formula is C15H21N3O2. The van der Waals surface area contributed by atoms with E-state index in [-0.39, 0.29) is 17.7 Å². The molecule has 108 valence electrons. The Balaban J connectivity index is 2.13. The largest absolute Gasteiger partial charge is 0.325 e. The molecule has 0 radical (unpaired) electrons. The van der Waals surface area contributed by atoms with Crippen molar-refractivity contribution in [3.05, 3.63) is 23.8 Å². The van der Waals surface area contributed by atoms with E-state index in [4.69, 9.17) is 5.73 Å². The standard InChI is InChI=1S/C15H21N3O2/c1-9(2)14(16)15(20)17-12-4-5-13-11(8-12)6-7-18(13)10(3)19/h4-5,8-9,14H,6-7,16H2,1-3H3,(H,17,20). The van der Waals surface area contributed by atoms with Crippen LogP contribution in [0.1, 0.15) is 26.3 Å². The molecule has 5 nitrogen and oxygen atoms in total. The first-order valence-corrected chi connectivity index (χ1v) is 6.87. The van der Waals surface area contributed by atoms with Gasteiger partial charge in [-0.2, -0.15) is 0 Å². The van der Waals surface area contributed by atoms with E-state index in [1.807, 2.05) is 32.0 Å². The highest BCUT2D eigenvalue weighted by molar-refractivity contribution is 5.97. The highest BCUT2D eigenvalue weighted by atomic mass is 16.2. The highest BCUT2D eigenvalue weighted by Gasteiger charge is 2.23. The van der Waals surface area contributed by atoms with Gasteiger partial charge in [-0.05, 0) is 36.1 Å². The minimum absolute atomic E-state index is 0.0439. The fourth-order valence-electron chi connectivity index (χ4n) is 2.33. The van der Waals surface area contributed by atoms with E-state index in [0.717, 1.165) is 23.4 Å². The summed E-state index contributed by atoms with van der Waals surface area (Å²) >= 11 is 0. The molecule has 1 aromatic carbocycles. The smallest absolute Gasteiger partial charge is 0.241 e. The van der Waals surface area contributed by atoms with Crippen LogP contribution in [0.3, 0.4) is 0 Å². The number of hydrogen-bond acceptors (Lipinski definition) is 3. The van der Waals surface area contributed by atoms with Gasteiger partial charge in [-0.15, -0.1) is 0 Å². The first kappa shape index (κ1) is 14.5. The summed E-state index contributed by atoms with van der Waals surface area (Å²) in [7, 11) is 0. The third-order valence-electron chi connectivity index (χ3n) is 3.64. The van der Waals surface area contributed by atoms with E-state index >= 15 is 0 Å². The zero-order valence-corrected chi connectivity index (χ0v) is 12.1. The lowest BCUT2D eigenvalue weighted by Gasteiger charge is -2.17. The SMILES string of the molecule is CC(=O)N1CCc2cc(NC(=O)C(N)C(C)C)ccc21. The van der Waals surface area contributed by atoms with Crippen LogP contribution in [-0.2, 0) is 16.0 Å². The van der Waals surface area contributed by atoms with Crippen LogP contribution in [0.15, 0.2) is 18.2 Å². The van der Waals surface area contributed by atoms with E-state index < -0.39 is 6.04 Å². The van der Waals surface area contributed by atoms with Crippen LogP contribution < -0.4 is 16.0 Å². The second-order valence-corrected chi connectivity index (χ2v) is 5.52. The Morgan fingerprint density at radius 2 is 2.05 bits per heavy atom. The molecule has 0 aliphatic carbocycles. The van der Waals surface area contributed by atoms with Gasteiger partial charge in [-0.1, -0.05) is 13.8 Å². The molecule has 1 aliphatic heterocycles. The van der Waals surface area contributed by atoms with Crippen LogP contribution in [0.4, 0.5) is 11.4 Å². The molecule has 0 aromatic heterocycles. The van der Waals surface area contributed by atoms with Gasteiger partial charge in [-0.3, -0.25) is 9.59 Å². The summed E-state index contributed by atoms with van der Waals surface area (Å²) in [5.41, 5.74) is 8.56. The summed E-state index contributed by atoms with van der Waals surface area (Å²) in [6, 6.07) is 5.09. The predicted molar refractivity (Wildman–Crippen MR) is 79.6 cm³/mol. The van der Waals surface area contributed by atoms with Gasteiger partial charge in [0.15, 0.2) is 0 Å². The van der Waals surface area contributed by atoms with E-state index in [2.05, 4.69) is 5.32 Å². The third kappa shape index (κ3) is 2.82. The van der Waals surface area contributed by atoms with Crippen molar-refractivity contribution >= 4 is 23.2 Å². The molecule has 0 bridgehead atoms. The molecule has 3 N–H and O–H groups in total. The summed E-state index contributed by atoms with van der Waals surface area (Å²) in [6.07, 6.45) is 0.814. The zero-order valence-electron chi connectivity index (χ0n) is 12.1. The molecular weight excluding hydrogens is 254 g/mol. The van der Waals surface area contributed by atoms with Crippen LogP contribution in [0.25, 0.3) is 0 Å². The quantitative estimate of drug-likeness (QED) is 0.878. The topological polar surface area (TPSA) is 75.4 Å². The van der Waals surface area contributed by atoms with Crippen LogP contribution in [0.2, 0.25) is 0 Å². The number of nitrogens with two attached hydrogens (primary N) is 1. The number of nitrogens with zero attached hydrogens (tertiary/aromatic N) is 1. The maximum Gasteiger partial charge on any atom is 0.241 e. The number of anilines is 2. The number of carbonyl (C=O) groups is 2. The number of carbonyl (C=O) groups excluding carboxylic acids is 2. The number of rotatable bonds is 3. The summed E-state index contributed by atoms with van der Waals surface area (Å²) in [6.45, 7) is 6.09. The second-order valence-electron chi connectivity index (χ2n) is 5.52. The monoisotopic (exact) mass is 275 g/mol. The van der Waals surface area contributed by atoms with Crippen molar-refractivity contribution in [1.82, 2.24) is 0 Å². The van der Waals surface area contributed by atoms with Crippen molar-refractivity contribution in [2.75, 3.05) is 16.8 Å². The van der Waals surface area contributed by atoms with Gasteiger partial charge in [-0.25, -0.2) is 0 Å². The molecule has 2 rings (SSSR count). The Morgan fingerprint density at radius 1 is 1.35 bits per heavy atom. The summed E-state index contributed by atoms with van der Waals surface area (Å²) in [5, 5.41) is 2.83. The Morgan fingerprint density at radius 3 is 2.65 bits per heavy atom. The van der Waals surface area contributed by atoms with E-state index in [1.165, 1.54) is 0 Å². The van der Waals surface area contributed by atoms with Crippen molar-refractivity contribution in [2.45, 2.75) is 33.2 Å². The summed E-state index contributed by atoms with van der Waals surface area (Å²) in [5.74, 6) is -0.0404. The Labute approximate surface area is 119 Å². The van der Waals surface area contributed by atoms with Crippen LogP contribution in [0.5, 0.6) is 0 Å². The fraction of sp³-hybridized carbons (Fsp3) is 0.467. The van der Waals surface area contributed by atoms with Gasteiger partial charge in [0.2, 0.25) is 11.8 Å². The minimum Gasteiger partial charge on any atom is -0.325 e. The number of nitrogens with one attached hydrogen (secondary N) is 1. The molecule has 0 saturated carbocycles. The van der Waals surface area contributed by atoms with Crippen molar-refractivity contribution in [2.24, 2.45) is 11.7 Å². The second kappa shape index (κ2) is 5.63.